The van der Waals surface area contributed by atoms with Crippen molar-refractivity contribution in [2.45, 2.75) is 37.9 Å². The summed E-state index contributed by atoms with van der Waals surface area (Å²) in [5, 5.41) is 0.246. The number of hydrazine groups is 1. The van der Waals surface area contributed by atoms with E-state index in [4.69, 9.17) is 17.4 Å². The van der Waals surface area contributed by atoms with E-state index in [1.165, 1.54) is 18.2 Å². The van der Waals surface area contributed by atoms with Crippen LogP contribution in [0, 0.1) is 5.82 Å². The molecule has 0 fully saturated rings. The summed E-state index contributed by atoms with van der Waals surface area (Å²) in [5.74, 6) is 4.79. The molecular weight excluding hydrogens is 284 g/mol. The maximum absolute atomic E-state index is 13.5. The van der Waals surface area contributed by atoms with E-state index in [1.807, 2.05) is 0 Å². The van der Waals surface area contributed by atoms with Gasteiger partial charge >= 0.3 is 6.18 Å². The van der Waals surface area contributed by atoms with Crippen molar-refractivity contribution in [1.29, 1.82) is 0 Å². The summed E-state index contributed by atoms with van der Waals surface area (Å²) < 4.78 is 49.6. The number of alkyl halides is 3. The van der Waals surface area contributed by atoms with Gasteiger partial charge in [0.1, 0.15) is 5.82 Å². The Morgan fingerprint density at radius 2 is 2.00 bits per heavy atom. The van der Waals surface area contributed by atoms with E-state index < -0.39 is 24.5 Å². The van der Waals surface area contributed by atoms with Crippen LogP contribution < -0.4 is 11.3 Å². The molecule has 7 heteroatoms. The minimum atomic E-state index is -4.19. The number of hydrogen-bond donors (Lipinski definition) is 2. The first-order valence-corrected chi connectivity index (χ1v) is 6.17. The smallest absolute Gasteiger partial charge is 0.271 e. The van der Waals surface area contributed by atoms with Crippen LogP contribution in [0.1, 0.15) is 24.8 Å². The van der Waals surface area contributed by atoms with E-state index in [9.17, 15) is 17.6 Å². The van der Waals surface area contributed by atoms with Gasteiger partial charge in [-0.15, -0.1) is 0 Å². The first kappa shape index (κ1) is 16.2. The number of rotatable bonds is 6. The third kappa shape index (κ3) is 5.76. The SMILES string of the molecule is NNC(CCCC(F)(F)F)Cc1c(F)cccc1Cl. The Hall–Kier alpha value is -0.850. The van der Waals surface area contributed by atoms with Crippen molar-refractivity contribution in [1.82, 2.24) is 5.43 Å². The van der Waals surface area contributed by atoms with Crippen LogP contribution in [0.15, 0.2) is 18.2 Å². The second kappa shape index (κ2) is 7.07. The summed E-state index contributed by atoms with van der Waals surface area (Å²) >= 11 is 5.85. The summed E-state index contributed by atoms with van der Waals surface area (Å²) in [6.45, 7) is 0. The molecule has 0 saturated heterocycles. The molecule has 0 amide bonds. The molecule has 1 atom stereocenters. The van der Waals surface area contributed by atoms with Gasteiger partial charge in [0.2, 0.25) is 0 Å². The summed E-state index contributed by atoms with van der Waals surface area (Å²) in [4.78, 5) is 0. The predicted molar refractivity (Wildman–Crippen MR) is 66.1 cm³/mol. The van der Waals surface area contributed by atoms with E-state index in [1.54, 1.807) is 0 Å². The predicted octanol–water partition coefficient (Wildman–Crippen LogP) is 3.59. The monoisotopic (exact) mass is 298 g/mol. The normalized spacial score (nSPS) is 13.6. The first-order chi connectivity index (χ1) is 8.83. The van der Waals surface area contributed by atoms with Crippen molar-refractivity contribution in [2.75, 3.05) is 0 Å². The number of nitrogens with two attached hydrogens (primary N) is 1. The average molecular weight is 299 g/mol. The fourth-order valence-corrected chi connectivity index (χ4v) is 2.01. The third-order valence-corrected chi connectivity index (χ3v) is 3.11. The van der Waals surface area contributed by atoms with Crippen molar-refractivity contribution in [3.8, 4) is 0 Å². The molecule has 108 valence electrons. The molecule has 3 N–H and O–H groups in total. The molecule has 1 aromatic rings. The van der Waals surface area contributed by atoms with Gasteiger partial charge in [0, 0.05) is 23.0 Å². The fourth-order valence-electron chi connectivity index (χ4n) is 1.77. The minimum Gasteiger partial charge on any atom is -0.271 e. The van der Waals surface area contributed by atoms with Crippen molar-refractivity contribution in [2.24, 2.45) is 5.84 Å². The molecule has 1 unspecified atom stereocenters. The Morgan fingerprint density at radius 3 is 2.53 bits per heavy atom. The zero-order valence-corrected chi connectivity index (χ0v) is 10.9. The van der Waals surface area contributed by atoms with Crippen molar-refractivity contribution in [3.05, 3.63) is 34.6 Å². The number of benzene rings is 1. The first-order valence-electron chi connectivity index (χ1n) is 5.79. The van der Waals surface area contributed by atoms with Crippen LogP contribution in [0.5, 0.6) is 0 Å². The number of nitrogens with one attached hydrogen (secondary N) is 1. The Balaban J connectivity index is 2.57. The molecule has 0 aliphatic rings. The lowest BCUT2D eigenvalue weighted by atomic mass is 10.0. The molecule has 0 spiro atoms. The van der Waals surface area contributed by atoms with Crippen LogP contribution in [-0.4, -0.2) is 12.2 Å². The van der Waals surface area contributed by atoms with Gasteiger partial charge in [-0.3, -0.25) is 11.3 Å². The molecule has 0 bridgehead atoms. The molecule has 19 heavy (non-hydrogen) atoms. The lowest BCUT2D eigenvalue weighted by Crippen LogP contribution is -2.37. The van der Waals surface area contributed by atoms with Gasteiger partial charge in [0.15, 0.2) is 0 Å². The number of halogens is 5. The van der Waals surface area contributed by atoms with E-state index in [0.717, 1.165) is 0 Å². The van der Waals surface area contributed by atoms with E-state index in [0.29, 0.717) is 0 Å². The second-order valence-electron chi connectivity index (χ2n) is 4.28. The molecule has 2 nitrogen and oxygen atoms in total. The molecule has 0 aliphatic carbocycles. The largest absolute Gasteiger partial charge is 0.389 e. The van der Waals surface area contributed by atoms with E-state index in [-0.39, 0.29) is 29.8 Å². The van der Waals surface area contributed by atoms with Crippen LogP contribution in [0.25, 0.3) is 0 Å². The van der Waals surface area contributed by atoms with E-state index >= 15 is 0 Å². The maximum Gasteiger partial charge on any atom is 0.389 e. The Labute approximate surface area is 113 Å². The zero-order valence-electron chi connectivity index (χ0n) is 10.1. The third-order valence-electron chi connectivity index (χ3n) is 2.76. The van der Waals surface area contributed by atoms with Crippen LogP contribution in [0.4, 0.5) is 17.6 Å². The summed E-state index contributed by atoms with van der Waals surface area (Å²) in [6, 6.07) is 3.81. The van der Waals surface area contributed by atoms with Gasteiger partial charge in [-0.05, 0) is 31.4 Å². The lowest BCUT2D eigenvalue weighted by molar-refractivity contribution is -0.135. The lowest BCUT2D eigenvalue weighted by Gasteiger charge is -2.17. The minimum absolute atomic E-state index is 0.0650. The summed E-state index contributed by atoms with van der Waals surface area (Å²) in [7, 11) is 0. The zero-order chi connectivity index (χ0) is 14.5. The topological polar surface area (TPSA) is 38.0 Å². The Bertz CT molecular complexity index is 389. The van der Waals surface area contributed by atoms with Gasteiger partial charge in [0.25, 0.3) is 0 Å². The highest BCUT2D eigenvalue weighted by molar-refractivity contribution is 6.31. The highest BCUT2D eigenvalue weighted by Crippen LogP contribution is 2.25. The van der Waals surface area contributed by atoms with Gasteiger partial charge in [0.05, 0.1) is 0 Å². The van der Waals surface area contributed by atoms with Crippen LogP contribution in [0.3, 0.4) is 0 Å². The molecular formula is C12H15ClF4N2. The highest BCUT2D eigenvalue weighted by atomic mass is 35.5. The van der Waals surface area contributed by atoms with Gasteiger partial charge in [-0.2, -0.15) is 13.2 Å². The van der Waals surface area contributed by atoms with Crippen molar-refractivity contribution < 1.29 is 17.6 Å². The van der Waals surface area contributed by atoms with Gasteiger partial charge in [-0.1, -0.05) is 17.7 Å². The van der Waals surface area contributed by atoms with Crippen molar-refractivity contribution in [3.63, 3.8) is 0 Å². The fraction of sp³-hybridized carbons (Fsp3) is 0.500. The van der Waals surface area contributed by atoms with E-state index in [2.05, 4.69) is 5.43 Å². The van der Waals surface area contributed by atoms with Crippen LogP contribution in [-0.2, 0) is 6.42 Å². The van der Waals surface area contributed by atoms with Crippen LogP contribution >= 0.6 is 11.6 Å². The Morgan fingerprint density at radius 1 is 1.32 bits per heavy atom. The van der Waals surface area contributed by atoms with Crippen molar-refractivity contribution >= 4 is 11.6 Å². The summed E-state index contributed by atoms with van der Waals surface area (Å²) in [5.41, 5.74) is 2.66. The molecule has 1 aromatic carbocycles. The number of hydrogen-bond acceptors (Lipinski definition) is 2. The highest BCUT2D eigenvalue weighted by Gasteiger charge is 2.26. The maximum atomic E-state index is 13.5. The van der Waals surface area contributed by atoms with Gasteiger partial charge in [-0.25, -0.2) is 4.39 Å². The quantitative estimate of drug-likeness (QED) is 0.478. The molecule has 0 heterocycles. The molecule has 0 aromatic heterocycles. The molecule has 0 saturated carbocycles. The average Bonchev–Trinajstić information content (AvgIpc) is 2.30. The Kier molecular flexibility index (Phi) is 6.03. The summed E-state index contributed by atoms with van der Waals surface area (Å²) in [6.07, 6.45) is -4.78. The van der Waals surface area contributed by atoms with Gasteiger partial charge < -0.3 is 0 Å². The molecule has 0 aliphatic heterocycles. The second-order valence-corrected chi connectivity index (χ2v) is 4.68. The molecule has 0 radical (unpaired) electrons. The van der Waals surface area contributed by atoms with Crippen LogP contribution in [0.2, 0.25) is 5.02 Å². The standard InChI is InChI=1S/C12H15ClF4N2/c13-10-4-1-5-11(14)9(10)7-8(19-18)3-2-6-12(15,16)17/h1,4-5,8,19H,2-3,6-7,18H2. The molecule has 1 rings (SSSR count).